The second-order valence-electron chi connectivity index (χ2n) is 4.40. The van der Waals surface area contributed by atoms with Crippen molar-refractivity contribution in [3.05, 3.63) is 60.5 Å². The van der Waals surface area contributed by atoms with Crippen molar-refractivity contribution < 1.29 is 0 Å². The molecule has 3 nitrogen and oxygen atoms in total. The Morgan fingerprint density at radius 1 is 1.29 bits per heavy atom. The Hall–Kier alpha value is -1.62. The Bertz CT molecular complexity index is 872. The van der Waals surface area contributed by atoms with Gasteiger partial charge in [0.2, 0.25) is 0 Å². The Morgan fingerprint density at radius 2 is 2.05 bits per heavy atom. The topological polar surface area (TPSA) is 42.0 Å². The van der Waals surface area contributed by atoms with Crippen LogP contribution in [-0.2, 0) is 0 Å². The first-order valence-electron chi connectivity index (χ1n) is 6.19. The van der Waals surface area contributed by atoms with E-state index < -0.39 is 0 Å². The maximum atomic E-state index is 12.0. The molecule has 1 atom stereocenters. The third kappa shape index (κ3) is 3.35. The average Bonchev–Trinajstić information content (AvgIpc) is 2.47. The zero-order valence-electron chi connectivity index (χ0n) is 10.7. The fourth-order valence-electron chi connectivity index (χ4n) is 1.84. The summed E-state index contributed by atoms with van der Waals surface area (Å²) < 4.78 is 1.43. The Labute approximate surface area is 134 Å². The number of fused-ring (bicyclic) bond motifs is 1. The number of hydrogen-bond donors (Lipinski definition) is 1. The number of nitrogens with one attached hydrogen (secondary N) is 1. The lowest BCUT2D eigenvalue weighted by molar-refractivity contribution is 1.20. The molecule has 0 aliphatic heterocycles. The summed E-state index contributed by atoms with van der Waals surface area (Å²) in [4.78, 5) is 16.0. The summed E-state index contributed by atoms with van der Waals surface area (Å²) in [6, 6.07) is 7.23. The predicted octanol–water partition coefficient (Wildman–Crippen LogP) is 2.42. The molecular formula is C15H10Cl2N2OS. The summed E-state index contributed by atoms with van der Waals surface area (Å²) in [5.41, 5.74) is 1.26. The minimum Gasteiger partial charge on any atom is -0.360 e. The predicted molar refractivity (Wildman–Crippen MR) is 90.3 cm³/mol. The minimum atomic E-state index is -0.258. The number of alkyl halides is 1. The van der Waals surface area contributed by atoms with Gasteiger partial charge in [0.05, 0.1) is 15.6 Å². The van der Waals surface area contributed by atoms with Gasteiger partial charge in [-0.05, 0) is 36.4 Å². The van der Waals surface area contributed by atoms with E-state index in [0.717, 1.165) is 10.2 Å². The molecule has 1 aromatic carbocycles. The molecule has 1 unspecified atom stereocenters. The van der Waals surface area contributed by atoms with E-state index in [-0.39, 0.29) is 10.9 Å². The summed E-state index contributed by atoms with van der Waals surface area (Å²) in [5.74, 6) is 0. The highest BCUT2D eigenvalue weighted by Gasteiger charge is 2.06. The molecule has 0 fully saturated rings. The molecule has 0 bridgehead atoms. The number of aromatic nitrogens is 1. The number of hydrogen-bond acceptors (Lipinski definition) is 4. The van der Waals surface area contributed by atoms with E-state index in [4.69, 9.17) is 23.2 Å². The van der Waals surface area contributed by atoms with E-state index in [2.05, 4.69) is 10.3 Å². The van der Waals surface area contributed by atoms with Crippen LogP contribution in [0.2, 0.25) is 5.02 Å². The second kappa shape index (κ2) is 6.02. The van der Waals surface area contributed by atoms with Crippen molar-refractivity contribution in [1.29, 1.82) is 0 Å². The van der Waals surface area contributed by atoms with E-state index in [9.17, 15) is 4.79 Å². The van der Waals surface area contributed by atoms with E-state index in [1.54, 1.807) is 30.5 Å². The van der Waals surface area contributed by atoms with Crippen LogP contribution < -0.4 is 19.9 Å². The lowest BCUT2D eigenvalue weighted by atomic mass is 10.2. The van der Waals surface area contributed by atoms with Crippen LogP contribution in [0, 0.1) is 0 Å². The Balaban J connectivity index is 1.99. The highest BCUT2D eigenvalue weighted by Crippen LogP contribution is 2.13. The van der Waals surface area contributed by atoms with Crippen LogP contribution in [0.5, 0.6) is 0 Å². The van der Waals surface area contributed by atoms with Gasteiger partial charge in [-0.3, -0.25) is 4.79 Å². The zero-order valence-corrected chi connectivity index (χ0v) is 13.0. The fourth-order valence-corrected chi connectivity index (χ4v) is 3.16. The lowest BCUT2D eigenvalue weighted by Crippen LogP contribution is -2.32. The number of nitrogens with zero attached hydrogens (tertiary/aromatic N) is 1. The summed E-state index contributed by atoms with van der Waals surface area (Å²) in [7, 11) is 0. The minimum absolute atomic E-state index is 0.162. The first kappa shape index (κ1) is 14.3. The number of rotatable bonds is 2. The lowest BCUT2D eigenvalue weighted by Gasteiger charge is -2.04. The van der Waals surface area contributed by atoms with Gasteiger partial charge < -0.3 is 5.32 Å². The normalized spacial score (nSPS) is 17.2. The van der Waals surface area contributed by atoms with Crippen LogP contribution >= 0.6 is 34.5 Å². The smallest absolute Gasteiger partial charge is 0.289 e. The molecule has 3 rings (SSSR count). The van der Waals surface area contributed by atoms with Gasteiger partial charge in [0.15, 0.2) is 0 Å². The monoisotopic (exact) mass is 336 g/mol. The molecule has 0 amide bonds. The molecule has 1 aliphatic carbocycles. The number of benzene rings is 1. The first-order valence-corrected chi connectivity index (χ1v) is 7.82. The number of allylic oxidation sites excluding steroid dienone is 1. The van der Waals surface area contributed by atoms with Crippen molar-refractivity contribution in [3.8, 4) is 0 Å². The molecule has 1 heterocycles. The quantitative estimate of drug-likeness (QED) is 0.856. The van der Waals surface area contributed by atoms with E-state index >= 15 is 0 Å². The molecule has 106 valence electrons. The number of halogens is 2. The fraction of sp³-hybridized carbons (Fsp3) is 0.0667. The van der Waals surface area contributed by atoms with Crippen LogP contribution in [-0.4, -0.2) is 10.4 Å². The average molecular weight is 337 g/mol. The van der Waals surface area contributed by atoms with Crippen LogP contribution in [0.15, 0.2) is 35.1 Å². The van der Waals surface area contributed by atoms with Crippen LogP contribution in [0.3, 0.4) is 0 Å². The van der Waals surface area contributed by atoms with Gasteiger partial charge in [0.1, 0.15) is 4.53 Å². The van der Waals surface area contributed by atoms with Crippen molar-refractivity contribution in [3.63, 3.8) is 0 Å². The second-order valence-corrected chi connectivity index (χ2v) is 6.42. The summed E-state index contributed by atoms with van der Waals surface area (Å²) in [6.45, 7) is 0. The summed E-state index contributed by atoms with van der Waals surface area (Å²) in [5, 5.41) is 3.57. The van der Waals surface area contributed by atoms with Gasteiger partial charge in [0, 0.05) is 16.9 Å². The highest BCUT2D eigenvalue weighted by atomic mass is 35.5. The molecule has 1 aliphatic rings. The molecule has 1 aromatic heterocycles. The van der Waals surface area contributed by atoms with E-state index in [1.807, 2.05) is 18.2 Å². The molecule has 0 saturated carbocycles. The van der Waals surface area contributed by atoms with E-state index in [1.165, 1.54) is 11.3 Å². The SMILES string of the molecule is O=c1nc2c(s/c1=C/Nc1ccc(Cl)cc1)=CC(Cl)C=C2. The van der Waals surface area contributed by atoms with Crippen LogP contribution in [0.4, 0.5) is 5.69 Å². The third-order valence-electron chi connectivity index (χ3n) is 2.87. The molecule has 1 N–H and O–H groups in total. The maximum Gasteiger partial charge on any atom is 0.289 e. The van der Waals surface area contributed by atoms with Crippen molar-refractivity contribution in [1.82, 2.24) is 4.98 Å². The summed E-state index contributed by atoms with van der Waals surface area (Å²) in [6.07, 6.45) is 7.12. The highest BCUT2D eigenvalue weighted by molar-refractivity contribution is 7.07. The molecule has 6 heteroatoms. The molecule has 0 spiro atoms. The molecule has 0 saturated heterocycles. The van der Waals surface area contributed by atoms with E-state index in [0.29, 0.717) is 15.2 Å². The molecular weight excluding hydrogens is 327 g/mol. The molecule has 0 radical (unpaired) electrons. The Morgan fingerprint density at radius 3 is 2.81 bits per heavy atom. The van der Waals surface area contributed by atoms with Crippen molar-refractivity contribution >= 4 is 58.6 Å². The van der Waals surface area contributed by atoms with Gasteiger partial charge in [-0.25, -0.2) is 4.98 Å². The van der Waals surface area contributed by atoms with Gasteiger partial charge in [-0.1, -0.05) is 17.7 Å². The molecule has 2 aromatic rings. The number of anilines is 1. The zero-order chi connectivity index (χ0) is 14.8. The van der Waals surface area contributed by atoms with Crippen molar-refractivity contribution in [2.24, 2.45) is 0 Å². The van der Waals surface area contributed by atoms with Crippen LogP contribution in [0.25, 0.3) is 18.4 Å². The third-order valence-corrected chi connectivity index (χ3v) is 4.47. The molecule has 21 heavy (non-hydrogen) atoms. The van der Waals surface area contributed by atoms with Crippen molar-refractivity contribution in [2.45, 2.75) is 5.38 Å². The van der Waals surface area contributed by atoms with Gasteiger partial charge in [-0.2, -0.15) is 0 Å². The van der Waals surface area contributed by atoms with Gasteiger partial charge in [-0.15, -0.1) is 22.9 Å². The van der Waals surface area contributed by atoms with Gasteiger partial charge in [0.25, 0.3) is 5.56 Å². The first-order chi connectivity index (χ1) is 10.1. The summed E-state index contributed by atoms with van der Waals surface area (Å²) >= 11 is 13.2. The Kier molecular flexibility index (Phi) is 4.10. The standard InChI is InChI=1S/C15H10Cl2N2OS/c16-9-1-4-11(5-2-9)18-8-14-15(20)19-12-6-3-10(17)7-13(12)21-14/h1-8,10,18H/b14-8+. The maximum absolute atomic E-state index is 12.0. The largest absolute Gasteiger partial charge is 0.360 e. The van der Waals surface area contributed by atoms with Gasteiger partial charge >= 0.3 is 0 Å². The van der Waals surface area contributed by atoms with Crippen molar-refractivity contribution in [2.75, 3.05) is 5.32 Å². The van der Waals surface area contributed by atoms with Crippen LogP contribution in [0.1, 0.15) is 5.69 Å².